The predicted octanol–water partition coefficient (Wildman–Crippen LogP) is 2.89. The van der Waals surface area contributed by atoms with Crippen LogP contribution in [0.15, 0.2) is 24.3 Å². The van der Waals surface area contributed by atoms with E-state index in [-0.39, 0.29) is 5.41 Å². The molecule has 1 aromatic rings. The van der Waals surface area contributed by atoms with Gasteiger partial charge in [-0.25, -0.2) is 0 Å². The minimum absolute atomic E-state index is 0.326. The molecule has 138 valence electrons. The van der Waals surface area contributed by atoms with Crippen molar-refractivity contribution in [2.45, 2.75) is 44.4 Å². The number of ether oxygens (including phenoxy) is 1. The maximum atomic E-state index is 13.5. The number of piperidine rings is 1. The van der Waals surface area contributed by atoms with E-state index in [0.717, 1.165) is 51.2 Å². The third-order valence-electron chi connectivity index (χ3n) is 6.06. The zero-order valence-electron chi connectivity index (χ0n) is 15.7. The summed E-state index contributed by atoms with van der Waals surface area (Å²) in [6, 6.07) is 8.56. The first-order valence-electron chi connectivity index (χ1n) is 9.74. The summed E-state index contributed by atoms with van der Waals surface area (Å²) < 4.78 is 5.59. The van der Waals surface area contributed by atoms with Gasteiger partial charge in [-0.1, -0.05) is 29.8 Å². The Morgan fingerprint density at radius 1 is 1.20 bits per heavy atom. The highest BCUT2D eigenvalue weighted by molar-refractivity contribution is 5.88. The molecule has 25 heavy (non-hydrogen) atoms. The zero-order valence-corrected chi connectivity index (χ0v) is 15.7. The Balaban J connectivity index is 1.73. The van der Waals surface area contributed by atoms with Crippen LogP contribution < -0.4 is 5.32 Å². The van der Waals surface area contributed by atoms with Crippen molar-refractivity contribution in [3.63, 3.8) is 0 Å². The molecule has 4 heteroatoms. The van der Waals surface area contributed by atoms with E-state index in [9.17, 15) is 4.79 Å². The Morgan fingerprint density at radius 3 is 2.44 bits per heavy atom. The van der Waals surface area contributed by atoms with Crippen molar-refractivity contribution in [3.05, 3.63) is 35.4 Å². The van der Waals surface area contributed by atoms with Crippen LogP contribution in [0.4, 0.5) is 0 Å². The van der Waals surface area contributed by atoms with Gasteiger partial charge in [0.2, 0.25) is 5.91 Å². The summed E-state index contributed by atoms with van der Waals surface area (Å²) in [5, 5.41) is 3.24. The van der Waals surface area contributed by atoms with Crippen molar-refractivity contribution in [2.75, 3.05) is 39.9 Å². The first kappa shape index (κ1) is 18.4. The minimum Gasteiger partial charge on any atom is -0.381 e. The predicted molar refractivity (Wildman–Crippen MR) is 101 cm³/mol. The Labute approximate surface area is 151 Å². The van der Waals surface area contributed by atoms with Crippen LogP contribution in [-0.2, 0) is 14.9 Å². The van der Waals surface area contributed by atoms with Crippen molar-refractivity contribution in [1.82, 2.24) is 10.2 Å². The van der Waals surface area contributed by atoms with E-state index in [0.29, 0.717) is 19.1 Å². The topological polar surface area (TPSA) is 41.6 Å². The number of benzene rings is 1. The summed E-state index contributed by atoms with van der Waals surface area (Å²) in [6.45, 7) is 6.33. The molecule has 0 aliphatic carbocycles. The van der Waals surface area contributed by atoms with Gasteiger partial charge < -0.3 is 15.0 Å². The lowest BCUT2D eigenvalue weighted by Gasteiger charge is -2.42. The first-order chi connectivity index (χ1) is 12.2. The molecule has 1 N–H and O–H groups in total. The van der Waals surface area contributed by atoms with Crippen molar-refractivity contribution < 1.29 is 9.53 Å². The second-order valence-electron chi connectivity index (χ2n) is 7.69. The van der Waals surface area contributed by atoms with Crippen LogP contribution in [0.1, 0.15) is 43.2 Å². The van der Waals surface area contributed by atoms with Gasteiger partial charge >= 0.3 is 0 Å². The second-order valence-corrected chi connectivity index (χ2v) is 7.69. The lowest BCUT2D eigenvalue weighted by molar-refractivity contribution is -0.142. The molecule has 2 fully saturated rings. The van der Waals surface area contributed by atoms with Gasteiger partial charge in [-0.05, 0) is 64.1 Å². The number of likely N-dealkylation sites (tertiary alicyclic amines) is 1. The number of nitrogens with one attached hydrogen (secondary N) is 1. The van der Waals surface area contributed by atoms with Gasteiger partial charge in [-0.3, -0.25) is 4.79 Å². The molecule has 2 aliphatic heterocycles. The fourth-order valence-corrected chi connectivity index (χ4v) is 4.29. The summed E-state index contributed by atoms with van der Waals surface area (Å²) in [4.78, 5) is 15.7. The molecule has 0 bridgehead atoms. The molecule has 2 aliphatic rings. The normalized spacial score (nSPS) is 21.3. The summed E-state index contributed by atoms with van der Waals surface area (Å²) in [7, 11) is 2.01. The summed E-state index contributed by atoms with van der Waals surface area (Å²) in [6.07, 6.45) is 5.08. The first-order valence-corrected chi connectivity index (χ1v) is 9.74. The number of hydrogen-bond acceptors (Lipinski definition) is 3. The standard InChI is InChI=1S/C21H32N2O2/c1-17-3-5-19(6-4-17)21(10-15-25-16-11-21)20(24)23-13-8-18(9-14-23)7-12-22-2/h3-6,18,22H,7-16H2,1-2H3. The van der Waals surface area contributed by atoms with E-state index in [2.05, 4.69) is 41.4 Å². The Kier molecular flexibility index (Phi) is 6.13. The highest BCUT2D eigenvalue weighted by atomic mass is 16.5. The monoisotopic (exact) mass is 344 g/mol. The van der Waals surface area contributed by atoms with Crippen molar-refractivity contribution in [3.8, 4) is 0 Å². The third-order valence-corrected chi connectivity index (χ3v) is 6.06. The smallest absolute Gasteiger partial charge is 0.233 e. The van der Waals surface area contributed by atoms with Crippen LogP contribution in [-0.4, -0.2) is 50.7 Å². The van der Waals surface area contributed by atoms with Crippen LogP contribution in [0.2, 0.25) is 0 Å². The van der Waals surface area contributed by atoms with Gasteiger partial charge in [0, 0.05) is 26.3 Å². The molecule has 0 unspecified atom stereocenters. The van der Waals surface area contributed by atoms with E-state index in [1.807, 2.05) is 7.05 Å². The molecule has 3 rings (SSSR count). The molecule has 0 saturated carbocycles. The molecule has 0 atom stereocenters. The molecular weight excluding hydrogens is 312 g/mol. The number of carbonyl (C=O) groups is 1. The second kappa shape index (κ2) is 8.33. The quantitative estimate of drug-likeness (QED) is 0.893. The fraction of sp³-hybridized carbons (Fsp3) is 0.667. The summed E-state index contributed by atoms with van der Waals surface area (Å²) in [5.74, 6) is 1.08. The van der Waals surface area contributed by atoms with E-state index < -0.39 is 0 Å². The van der Waals surface area contributed by atoms with Crippen molar-refractivity contribution >= 4 is 5.91 Å². The lowest BCUT2D eigenvalue weighted by atomic mass is 9.72. The molecule has 1 amide bonds. The molecule has 1 aromatic carbocycles. The number of nitrogens with zero attached hydrogens (tertiary/aromatic N) is 1. The van der Waals surface area contributed by atoms with Gasteiger partial charge in [0.05, 0.1) is 5.41 Å². The summed E-state index contributed by atoms with van der Waals surface area (Å²) in [5.41, 5.74) is 2.02. The SMILES string of the molecule is CNCCC1CCN(C(=O)C2(c3ccc(C)cc3)CCOCC2)CC1. The maximum Gasteiger partial charge on any atom is 0.233 e. The van der Waals surface area contributed by atoms with Gasteiger partial charge in [-0.2, -0.15) is 0 Å². The van der Waals surface area contributed by atoms with Crippen LogP contribution in [0.3, 0.4) is 0 Å². The number of carbonyl (C=O) groups excluding carboxylic acids is 1. The maximum absolute atomic E-state index is 13.5. The Morgan fingerprint density at radius 2 is 1.84 bits per heavy atom. The average molecular weight is 344 g/mol. The van der Waals surface area contributed by atoms with Crippen LogP contribution >= 0.6 is 0 Å². The number of aryl methyl sites for hydroxylation is 1. The number of amides is 1. The lowest BCUT2D eigenvalue weighted by Crippen LogP contribution is -2.52. The molecular formula is C21H32N2O2. The third kappa shape index (κ3) is 4.06. The molecule has 4 nitrogen and oxygen atoms in total. The van der Waals surface area contributed by atoms with Crippen molar-refractivity contribution in [1.29, 1.82) is 0 Å². The highest BCUT2D eigenvalue weighted by Crippen LogP contribution is 2.38. The van der Waals surface area contributed by atoms with Crippen molar-refractivity contribution in [2.24, 2.45) is 5.92 Å². The largest absolute Gasteiger partial charge is 0.381 e. The van der Waals surface area contributed by atoms with Crippen LogP contribution in [0, 0.1) is 12.8 Å². The number of rotatable bonds is 5. The molecule has 2 heterocycles. The van der Waals surface area contributed by atoms with E-state index >= 15 is 0 Å². The van der Waals surface area contributed by atoms with Gasteiger partial charge in [0.25, 0.3) is 0 Å². The fourth-order valence-electron chi connectivity index (χ4n) is 4.29. The van der Waals surface area contributed by atoms with Crippen LogP contribution in [0.5, 0.6) is 0 Å². The number of hydrogen-bond donors (Lipinski definition) is 1. The van der Waals surface area contributed by atoms with Gasteiger partial charge in [0.1, 0.15) is 0 Å². The minimum atomic E-state index is -0.385. The van der Waals surface area contributed by atoms with E-state index in [4.69, 9.17) is 4.74 Å². The summed E-state index contributed by atoms with van der Waals surface area (Å²) >= 11 is 0. The molecule has 0 radical (unpaired) electrons. The molecule has 0 spiro atoms. The Bertz CT molecular complexity index is 556. The molecule has 2 saturated heterocycles. The zero-order chi connectivity index (χ0) is 17.7. The van der Waals surface area contributed by atoms with Crippen LogP contribution in [0.25, 0.3) is 0 Å². The van der Waals surface area contributed by atoms with E-state index in [1.54, 1.807) is 0 Å². The van der Waals surface area contributed by atoms with Gasteiger partial charge in [-0.15, -0.1) is 0 Å². The van der Waals surface area contributed by atoms with E-state index in [1.165, 1.54) is 17.5 Å². The molecule has 0 aromatic heterocycles. The Hall–Kier alpha value is -1.39. The van der Waals surface area contributed by atoms with Gasteiger partial charge in [0.15, 0.2) is 0 Å². The average Bonchev–Trinajstić information content (AvgIpc) is 2.67. The highest BCUT2D eigenvalue weighted by Gasteiger charge is 2.44.